The zero-order chi connectivity index (χ0) is 31.0. The minimum Gasteiger partial charge on any atom is -0.685 e. The normalized spacial score (nSPS) is 12.9. The summed E-state index contributed by atoms with van der Waals surface area (Å²) in [6, 6.07) is 48.8. The molecule has 7 aromatic rings. The second kappa shape index (κ2) is 11.6. The first-order valence-corrected chi connectivity index (χ1v) is 15.9. The molecular formula is C44H33N2-. The van der Waals surface area contributed by atoms with Crippen molar-refractivity contribution in [2.75, 3.05) is 6.54 Å². The molecule has 2 heteroatoms. The van der Waals surface area contributed by atoms with E-state index in [9.17, 15) is 0 Å². The van der Waals surface area contributed by atoms with Crippen LogP contribution >= 0.6 is 0 Å². The third kappa shape index (κ3) is 5.08. The van der Waals surface area contributed by atoms with Gasteiger partial charge in [0.25, 0.3) is 0 Å². The summed E-state index contributed by atoms with van der Waals surface area (Å²) >= 11 is 0. The molecule has 0 saturated heterocycles. The van der Waals surface area contributed by atoms with E-state index in [1.165, 1.54) is 77.2 Å². The molecule has 0 N–H and O–H groups in total. The van der Waals surface area contributed by atoms with Gasteiger partial charge in [-0.3, -0.25) is 4.98 Å². The van der Waals surface area contributed by atoms with E-state index < -0.39 is 0 Å². The zero-order valence-corrected chi connectivity index (χ0v) is 26.0. The Kier molecular flexibility index (Phi) is 7.04. The quantitative estimate of drug-likeness (QED) is 0.183. The number of pyridine rings is 1. The zero-order valence-electron chi connectivity index (χ0n) is 26.0. The van der Waals surface area contributed by atoms with Gasteiger partial charge in [0, 0.05) is 11.9 Å². The van der Waals surface area contributed by atoms with Crippen molar-refractivity contribution in [3.05, 3.63) is 174 Å². The van der Waals surface area contributed by atoms with Gasteiger partial charge in [0.05, 0.1) is 0 Å². The Labute approximate surface area is 270 Å². The van der Waals surface area contributed by atoms with Crippen LogP contribution in [0.2, 0.25) is 0 Å². The van der Waals surface area contributed by atoms with Gasteiger partial charge in [-0.2, -0.15) is 5.70 Å². The molecule has 2 nitrogen and oxygen atoms in total. The van der Waals surface area contributed by atoms with Crippen LogP contribution in [-0.4, -0.2) is 11.5 Å². The standard InChI is InChI=1S/C44H33N2/c1-29-24-35(20-22-45-29)32-12-8-14-37(26-32)43-39-16-6-7-17-40(39)44(38-15-9-13-33(27-38)36-21-23-46-30(2)25-36)42-28-34(18-19-41(42)43)31-10-4-3-5-11-31/h3-22,24-28H,23H2,1-2H3/q-1. The number of fused-ring (bicyclic) bond motifs is 2. The second-order valence-corrected chi connectivity index (χ2v) is 12.1. The molecule has 8 rings (SSSR count). The van der Waals surface area contributed by atoms with Crippen LogP contribution in [0, 0.1) is 6.92 Å². The fourth-order valence-electron chi connectivity index (χ4n) is 6.86. The Morgan fingerprint density at radius 1 is 0.478 bits per heavy atom. The summed E-state index contributed by atoms with van der Waals surface area (Å²) in [4.78, 5) is 4.43. The van der Waals surface area contributed by atoms with Crippen LogP contribution in [0.25, 0.3) is 76.9 Å². The Morgan fingerprint density at radius 3 is 1.80 bits per heavy atom. The molecule has 0 unspecified atom stereocenters. The fourth-order valence-corrected chi connectivity index (χ4v) is 6.86. The smallest absolute Gasteiger partial charge is 0.0378 e. The highest BCUT2D eigenvalue weighted by Crippen LogP contribution is 2.45. The molecule has 6 aromatic carbocycles. The highest BCUT2D eigenvalue weighted by atomic mass is 14.9. The predicted octanol–water partition coefficient (Wildman–Crippen LogP) is 12.0. The molecule has 2 heterocycles. The topological polar surface area (TPSA) is 27.0 Å². The third-order valence-electron chi connectivity index (χ3n) is 9.01. The molecule has 0 fully saturated rings. The summed E-state index contributed by atoms with van der Waals surface area (Å²) in [5.41, 5.74) is 14.3. The molecule has 220 valence electrons. The van der Waals surface area contributed by atoms with Crippen LogP contribution in [-0.2, 0) is 0 Å². The number of benzene rings is 6. The second-order valence-electron chi connectivity index (χ2n) is 12.1. The maximum absolute atomic E-state index is 4.56. The molecule has 1 aromatic heterocycles. The molecule has 0 aliphatic carbocycles. The van der Waals surface area contributed by atoms with Crippen molar-refractivity contribution in [1.29, 1.82) is 0 Å². The number of aromatic nitrogens is 1. The van der Waals surface area contributed by atoms with E-state index in [0.717, 1.165) is 17.9 Å². The number of rotatable bonds is 5. The Hall–Kier alpha value is -5.73. The van der Waals surface area contributed by atoms with Crippen LogP contribution in [0.15, 0.2) is 158 Å². The van der Waals surface area contributed by atoms with Crippen molar-refractivity contribution in [3.8, 4) is 44.5 Å². The molecule has 0 radical (unpaired) electrons. The van der Waals surface area contributed by atoms with Gasteiger partial charge in [-0.05, 0) is 114 Å². The van der Waals surface area contributed by atoms with E-state index in [-0.39, 0.29) is 0 Å². The lowest BCUT2D eigenvalue weighted by atomic mass is 9.84. The average Bonchev–Trinajstić information content (AvgIpc) is 3.11. The Bertz CT molecular complexity index is 2330. The molecule has 1 aliphatic heterocycles. The minimum absolute atomic E-state index is 0.723. The third-order valence-corrected chi connectivity index (χ3v) is 9.01. The van der Waals surface area contributed by atoms with Crippen molar-refractivity contribution in [3.63, 3.8) is 0 Å². The minimum atomic E-state index is 0.723. The summed E-state index contributed by atoms with van der Waals surface area (Å²) in [5, 5.41) is 9.54. The van der Waals surface area contributed by atoms with Crippen LogP contribution in [0.3, 0.4) is 0 Å². The summed E-state index contributed by atoms with van der Waals surface area (Å²) in [6.07, 6.45) is 6.30. The largest absolute Gasteiger partial charge is 0.685 e. The van der Waals surface area contributed by atoms with Gasteiger partial charge < -0.3 is 5.32 Å². The maximum Gasteiger partial charge on any atom is 0.0378 e. The number of hydrogen-bond donors (Lipinski definition) is 0. The van der Waals surface area contributed by atoms with Crippen LogP contribution in [0.5, 0.6) is 0 Å². The van der Waals surface area contributed by atoms with Crippen molar-refractivity contribution in [2.24, 2.45) is 0 Å². The number of hydrogen-bond acceptors (Lipinski definition) is 1. The molecule has 0 amide bonds. The highest BCUT2D eigenvalue weighted by Gasteiger charge is 2.18. The first kappa shape index (κ1) is 27.8. The van der Waals surface area contributed by atoms with E-state index in [1.54, 1.807) is 0 Å². The maximum atomic E-state index is 4.56. The summed E-state index contributed by atoms with van der Waals surface area (Å²) in [7, 11) is 0. The van der Waals surface area contributed by atoms with Crippen LogP contribution in [0.1, 0.15) is 18.2 Å². The summed E-state index contributed by atoms with van der Waals surface area (Å²) in [6.45, 7) is 4.84. The molecule has 46 heavy (non-hydrogen) atoms. The van der Waals surface area contributed by atoms with Crippen molar-refractivity contribution in [1.82, 2.24) is 4.98 Å². The SMILES string of the molecule is CC1=CC(c2cccc(-c3c4ccccc4c(-c4cccc(-c5ccnc(C)c5)c4)c4ccc(-c5ccccc5)cc34)c2)=CC[N-]1. The predicted molar refractivity (Wildman–Crippen MR) is 196 cm³/mol. The van der Waals surface area contributed by atoms with Gasteiger partial charge in [-0.25, -0.2) is 0 Å². The number of allylic oxidation sites excluding steroid dienone is 3. The van der Waals surface area contributed by atoms with E-state index in [1.807, 2.05) is 13.1 Å². The molecule has 0 spiro atoms. The molecule has 0 saturated carbocycles. The van der Waals surface area contributed by atoms with E-state index in [4.69, 9.17) is 0 Å². The monoisotopic (exact) mass is 589 g/mol. The van der Waals surface area contributed by atoms with Gasteiger partial charge in [0.1, 0.15) is 0 Å². The Balaban J connectivity index is 1.43. The van der Waals surface area contributed by atoms with Crippen LogP contribution in [0.4, 0.5) is 0 Å². The van der Waals surface area contributed by atoms with Crippen molar-refractivity contribution >= 4 is 27.1 Å². The highest BCUT2D eigenvalue weighted by molar-refractivity contribution is 6.22. The van der Waals surface area contributed by atoms with E-state index in [2.05, 4.69) is 163 Å². The summed E-state index contributed by atoms with van der Waals surface area (Å²) in [5.74, 6) is 0. The van der Waals surface area contributed by atoms with E-state index in [0.29, 0.717) is 0 Å². The van der Waals surface area contributed by atoms with Crippen molar-refractivity contribution in [2.45, 2.75) is 13.8 Å². The van der Waals surface area contributed by atoms with Gasteiger partial charge >= 0.3 is 0 Å². The average molecular weight is 590 g/mol. The lowest BCUT2D eigenvalue weighted by Gasteiger charge is -2.25. The lowest BCUT2D eigenvalue weighted by Crippen LogP contribution is -1.94. The van der Waals surface area contributed by atoms with Gasteiger partial charge in [0.2, 0.25) is 0 Å². The Morgan fingerprint density at radius 2 is 1.07 bits per heavy atom. The molecular weight excluding hydrogens is 556 g/mol. The summed E-state index contributed by atoms with van der Waals surface area (Å²) < 4.78 is 0. The first-order chi connectivity index (χ1) is 22.6. The van der Waals surface area contributed by atoms with Gasteiger partial charge in [-0.15, -0.1) is 6.54 Å². The molecule has 1 aliphatic rings. The van der Waals surface area contributed by atoms with E-state index >= 15 is 0 Å². The lowest BCUT2D eigenvalue weighted by molar-refractivity contribution is 1.20. The fraction of sp³-hybridized carbons (Fsp3) is 0.0682. The van der Waals surface area contributed by atoms with Crippen molar-refractivity contribution < 1.29 is 0 Å². The number of nitrogens with zero attached hydrogens (tertiary/aromatic N) is 2. The number of aryl methyl sites for hydroxylation is 1. The van der Waals surface area contributed by atoms with Gasteiger partial charge in [-0.1, -0.05) is 122 Å². The first-order valence-electron chi connectivity index (χ1n) is 15.9. The van der Waals surface area contributed by atoms with Gasteiger partial charge in [0.15, 0.2) is 0 Å². The molecule has 0 bridgehead atoms. The van der Waals surface area contributed by atoms with Crippen LogP contribution < -0.4 is 0 Å². The molecule has 0 atom stereocenters.